The van der Waals surface area contributed by atoms with Crippen molar-refractivity contribution in [2.24, 2.45) is 0 Å². The van der Waals surface area contributed by atoms with Crippen LogP contribution in [0.5, 0.6) is 5.75 Å². The maximum absolute atomic E-state index is 11.2. The number of allylic oxidation sites excluding steroid dienone is 2. The minimum atomic E-state index is -1.25. The van der Waals surface area contributed by atoms with E-state index < -0.39 is 11.6 Å². The summed E-state index contributed by atoms with van der Waals surface area (Å²) in [5.41, 5.74) is 0.896. The molecule has 1 aromatic carbocycles. The second-order valence-electron chi connectivity index (χ2n) is 7.73. The molecule has 0 amide bonds. The summed E-state index contributed by atoms with van der Waals surface area (Å²) in [5, 5.41) is 9.16. The van der Waals surface area contributed by atoms with Gasteiger partial charge in [-0.3, -0.25) is 0 Å². The van der Waals surface area contributed by atoms with Gasteiger partial charge < -0.3 is 9.84 Å². The third-order valence-corrected chi connectivity index (χ3v) is 4.61. The van der Waals surface area contributed by atoms with Crippen LogP contribution in [-0.2, 0) is 4.79 Å². The highest BCUT2D eigenvalue weighted by Crippen LogP contribution is 2.19. The predicted molar refractivity (Wildman–Crippen MR) is 117 cm³/mol. The van der Waals surface area contributed by atoms with E-state index >= 15 is 0 Å². The monoisotopic (exact) mass is 384 g/mol. The number of carbonyl (C=O) groups is 1. The number of hydrogen-bond acceptors (Lipinski definition) is 2. The van der Waals surface area contributed by atoms with Gasteiger partial charge in [-0.05, 0) is 69.4 Å². The first kappa shape index (κ1) is 23.8. The maximum atomic E-state index is 11.2. The average Bonchev–Trinajstić information content (AvgIpc) is 2.66. The number of carboxylic acid groups (broad SMARTS) is 1. The van der Waals surface area contributed by atoms with Crippen molar-refractivity contribution in [2.75, 3.05) is 0 Å². The first-order chi connectivity index (χ1) is 13.4. The smallest absolute Gasteiger partial charge is 0.347 e. The van der Waals surface area contributed by atoms with E-state index in [9.17, 15) is 4.79 Å². The number of unbranched alkanes of at least 4 members (excludes halogenated alkanes) is 6. The van der Waals surface area contributed by atoms with Gasteiger partial charge in [-0.1, -0.05) is 63.9 Å². The number of rotatable bonds is 12. The van der Waals surface area contributed by atoms with E-state index in [1.807, 2.05) is 12.1 Å². The Morgan fingerprint density at radius 3 is 2.29 bits per heavy atom. The summed E-state index contributed by atoms with van der Waals surface area (Å²) in [6.07, 6.45) is 13.2. The third-order valence-electron chi connectivity index (χ3n) is 4.61. The summed E-state index contributed by atoms with van der Waals surface area (Å²) in [4.78, 5) is 11.2. The number of ether oxygens (including phenoxy) is 1. The Bertz CT molecular complexity index is 672. The zero-order chi connectivity index (χ0) is 20.8. The van der Waals surface area contributed by atoms with Crippen LogP contribution in [0.15, 0.2) is 35.9 Å². The Morgan fingerprint density at radius 2 is 1.68 bits per heavy atom. The summed E-state index contributed by atoms with van der Waals surface area (Å²) >= 11 is 0. The van der Waals surface area contributed by atoms with E-state index in [0.29, 0.717) is 5.75 Å². The van der Waals surface area contributed by atoms with Gasteiger partial charge in [0, 0.05) is 5.56 Å². The fourth-order valence-corrected chi connectivity index (χ4v) is 2.73. The van der Waals surface area contributed by atoms with E-state index in [0.717, 1.165) is 18.4 Å². The van der Waals surface area contributed by atoms with Gasteiger partial charge in [-0.25, -0.2) is 4.79 Å². The molecule has 0 heterocycles. The van der Waals surface area contributed by atoms with Gasteiger partial charge in [0.1, 0.15) is 5.75 Å². The minimum Gasteiger partial charge on any atom is -0.478 e. The van der Waals surface area contributed by atoms with E-state index in [2.05, 4.69) is 31.8 Å². The van der Waals surface area contributed by atoms with Crippen molar-refractivity contribution in [1.29, 1.82) is 0 Å². The van der Waals surface area contributed by atoms with Crippen molar-refractivity contribution >= 4 is 5.97 Å². The van der Waals surface area contributed by atoms with E-state index in [4.69, 9.17) is 9.84 Å². The van der Waals surface area contributed by atoms with Crippen LogP contribution in [0.25, 0.3) is 0 Å². The molecule has 0 bridgehead atoms. The summed E-state index contributed by atoms with van der Waals surface area (Å²) in [5.74, 6) is 6.15. The van der Waals surface area contributed by atoms with Gasteiger partial charge in [0.25, 0.3) is 0 Å². The second kappa shape index (κ2) is 13.0. The lowest BCUT2D eigenvalue weighted by Crippen LogP contribution is -2.37. The lowest BCUT2D eigenvalue weighted by Gasteiger charge is -2.21. The van der Waals surface area contributed by atoms with Crippen LogP contribution < -0.4 is 4.74 Å². The highest BCUT2D eigenvalue weighted by atomic mass is 16.5. The lowest BCUT2D eigenvalue weighted by atomic mass is 10.0. The van der Waals surface area contributed by atoms with Gasteiger partial charge in [0.05, 0.1) is 0 Å². The molecule has 0 saturated heterocycles. The van der Waals surface area contributed by atoms with Crippen molar-refractivity contribution in [3.8, 4) is 17.6 Å². The topological polar surface area (TPSA) is 46.5 Å². The molecule has 3 heteroatoms. The largest absolute Gasteiger partial charge is 0.478 e. The molecule has 0 spiro atoms. The average molecular weight is 385 g/mol. The van der Waals surface area contributed by atoms with Crippen molar-refractivity contribution in [2.45, 2.75) is 91.1 Å². The van der Waals surface area contributed by atoms with Crippen LogP contribution in [-0.4, -0.2) is 16.7 Å². The van der Waals surface area contributed by atoms with Crippen molar-refractivity contribution < 1.29 is 14.6 Å². The normalized spacial score (nSPS) is 11.6. The fraction of sp³-hybridized carbons (Fsp3) is 0.560. The minimum absolute atomic E-state index is 0.535. The molecule has 1 N–H and O–H groups in total. The van der Waals surface area contributed by atoms with Gasteiger partial charge in [-0.15, -0.1) is 0 Å². The summed E-state index contributed by atoms with van der Waals surface area (Å²) in [6, 6.07) is 7.32. The molecule has 28 heavy (non-hydrogen) atoms. The molecule has 154 valence electrons. The maximum Gasteiger partial charge on any atom is 0.347 e. The number of carboxylic acids is 1. The molecular weight excluding hydrogens is 348 g/mol. The molecular formula is C25H36O3. The Balaban J connectivity index is 2.76. The standard InChI is InChI=1S/C25H36O3/c1-5-7-9-11-13-21(14-12-10-8-6-2)15-16-22-17-19-23(20-18-22)28-25(3,4)24(26)27/h13,17-20H,5-12,14H2,1-4H3,(H,26,27)/b21-13-. The molecule has 0 unspecified atom stereocenters. The molecule has 0 radical (unpaired) electrons. The van der Waals surface area contributed by atoms with Crippen molar-refractivity contribution in [3.05, 3.63) is 41.5 Å². The lowest BCUT2D eigenvalue weighted by molar-refractivity contribution is -0.152. The Labute approximate surface area is 171 Å². The molecule has 0 aliphatic heterocycles. The molecule has 0 fully saturated rings. The van der Waals surface area contributed by atoms with Gasteiger partial charge in [0.2, 0.25) is 0 Å². The SMILES string of the molecule is CCCCC/C=C(\C#Cc1ccc(OC(C)(C)C(=O)O)cc1)CCCCCC. The van der Waals surface area contributed by atoms with Crippen LogP contribution in [0.2, 0.25) is 0 Å². The van der Waals surface area contributed by atoms with E-state index in [-0.39, 0.29) is 0 Å². The first-order valence-corrected chi connectivity index (χ1v) is 10.6. The van der Waals surface area contributed by atoms with E-state index in [1.165, 1.54) is 64.4 Å². The van der Waals surface area contributed by atoms with Crippen LogP contribution >= 0.6 is 0 Å². The molecule has 0 aliphatic rings. The zero-order valence-electron chi connectivity index (χ0n) is 18.0. The zero-order valence-corrected chi connectivity index (χ0v) is 18.0. The third kappa shape index (κ3) is 9.65. The molecule has 1 rings (SSSR count). The van der Waals surface area contributed by atoms with Crippen LogP contribution in [0, 0.1) is 11.8 Å². The Morgan fingerprint density at radius 1 is 1.04 bits per heavy atom. The highest BCUT2D eigenvalue weighted by Gasteiger charge is 2.29. The Hall–Kier alpha value is -2.21. The molecule has 3 nitrogen and oxygen atoms in total. The van der Waals surface area contributed by atoms with E-state index in [1.54, 1.807) is 12.1 Å². The summed E-state index contributed by atoms with van der Waals surface area (Å²) in [6.45, 7) is 7.53. The van der Waals surface area contributed by atoms with Crippen LogP contribution in [0.3, 0.4) is 0 Å². The molecule has 0 aromatic heterocycles. The summed E-state index contributed by atoms with van der Waals surface area (Å²) in [7, 11) is 0. The molecule has 0 saturated carbocycles. The molecule has 1 aromatic rings. The molecule has 0 aliphatic carbocycles. The first-order valence-electron chi connectivity index (χ1n) is 10.6. The Kier molecular flexibility index (Phi) is 11.1. The molecule has 0 atom stereocenters. The second-order valence-corrected chi connectivity index (χ2v) is 7.73. The fourth-order valence-electron chi connectivity index (χ4n) is 2.73. The van der Waals surface area contributed by atoms with Gasteiger partial charge in [0.15, 0.2) is 5.60 Å². The number of hydrogen-bond donors (Lipinski definition) is 1. The number of benzene rings is 1. The van der Waals surface area contributed by atoms with Crippen molar-refractivity contribution in [1.82, 2.24) is 0 Å². The van der Waals surface area contributed by atoms with Gasteiger partial charge in [-0.2, -0.15) is 0 Å². The van der Waals surface area contributed by atoms with Crippen molar-refractivity contribution in [3.63, 3.8) is 0 Å². The number of aliphatic carboxylic acids is 1. The highest BCUT2D eigenvalue weighted by molar-refractivity contribution is 5.76. The quantitative estimate of drug-likeness (QED) is 0.320. The van der Waals surface area contributed by atoms with Gasteiger partial charge >= 0.3 is 5.97 Å². The van der Waals surface area contributed by atoms with Crippen LogP contribution in [0.1, 0.15) is 91.0 Å². The predicted octanol–water partition coefficient (Wildman–Crippen LogP) is 6.76. The van der Waals surface area contributed by atoms with Crippen LogP contribution in [0.4, 0.5) is 0 Å². The summed E-state index contributed by atoms with van der Waals surface area (Å²) < 4.78 is 5.54.